The third-order valence-corrected chi connectivity index (χ3v) is 9.58. The zero-order valence-electron chi connectivity index (χ0n) is 22.8. The molecule has 1 saturated carbocycles. The molecule has 4 aliphatic rings. The fraction of sp³-hybridized carbons (Fsp3) is 0.452. The van der Waals surface area contributed by atoms with E-state index in [0.717, 1.165) is 54.0 Å². The van der Waals surface area contributed by atoms with Crippen LogP contribution < -0.4 is 10.2 Å². The van der Waals surface area contributed by atoms with E-state index < -0.39 is 17.4 Å². The number of hydrogen-bond acceptors (Lipinski definition) is 6. The fourth-order valence-corrected chi connectivity index (χ4v) is 7.06. The molecule has 3 aromatic rings. The summed E-state index contributed by atoms with van der Waals surface area (Å²) in [4.78, 5) is 54.2. The number of nitrogens with one attached hydrogen (secondary N) is 1. The molecule has 2 saturated heterocycles. The number of carbonyl (C=O) groups is 4. The number of aromatic nitrogens is 2. The van der Waals surface area contributed by atoms with Crippen LogP contribution in [0.25, 0.3) is 10.8 Å². The third-order valence-electron chi connectivity index (χ3n) is 9.58. The molecule has 10 nitrogen and oxygen atoms in total. The molecule has 0 radical (unpaired) electrons. The van der Waals surface area contributed by atoms with E-state index in [9.17, 15) is 24.3 Å². The van der Waals surface area contributed by atoms with Crippen molar-refractivity contribution in [3.63, 3.8) is 0 Å². The van der Waals surface area contributed by atoms with E-state index in [-0.39, 0.29) is 36.8 Å². The van der Waals surface area contributed by atoms with E-state index in [1.54, 1.807) is 11.0 Å². The molecule has 0 spiro atoms. The average molecular weight is 556 g/mol. The highest BCUT2D eigenvalue weighted by molar-refractivity contribution is 6.27. The molecular weight excluding hydrogens is 522 g/mol. The van der Waals surface area contributed by atoms with Gasteiger partial charge in [0.15, 0.2) is 0 Å². The van der Waals surface area contributed by atoms with Gasteiger partial charge in [0.1, 0.15) is 6.04 Å². The normalized spacial score (nSPS) is 22.3. The van der Waals surface area contributed by atoms with Crippen molar-refractivity contribution in [2.24, 2.45) is 5.41 Å². The van der Waals surface area contributed by atoms with Crippen LogP contribution in [0.4, 0.5) is 5.69 Å². The lowest BCUT2D eigenvalue weighted by molar-refractivity contribution is -0.152. The average Bonchev–Trinajstić information content (AvgIpc) is 3.53. The molecule has 1 atom stereocenters. The van der Waals surface area contributed by atoms with Gasteiger partial charge in [0.05, 0.1) is 29.9 Å². The number of carbonyl (C=O) groups excluding carboxylic acids is 4. The summed E-state index contributed by atoms with van der Waals surface area (Å²) in [5.74, 6) is -0.845. The molecule has 3 aliphatic heterocycles. The second-order valence-electron chi connectivity index (χ2n) is 11.9. The number of aliphatic hydroxyl groups is 1. The molecule has 1 aliphatic carbocycles. The van der Waals surface area contributed by atoms with Crippen LogP contribution in [0, 0.1) is 5.41 Å². The summed E-state index contributed by atoms with van der Waals surface area (Å²) in [6.07, 6.45) is 9.35. The van der Waals surface area contributed by atoms with Gasteiger partial charge in [0.2, 0.25) is 17.7 Å². The lowest BCUT2D eigenvalue weighted by Crippen LogP contribution is -2.53. The number of nitrogens with zero attached hydrogens (tertiary/aromatic N) is 4. The summed E-state index contributed by atoms with van der Waals surface area (Å²) >= 11 is 0. The zero-order valence-corrected chi connectivity index (χ0v) is 22.8. The molecule has 10 heteroatoms. The van der Waals surface area contributed by atoms with Crippen LogP contribution in [0.2, 0.25) is 0 Å². The molecule has 1 aromatic heterocycles. The Kier molecular flexibility index (Phi) is 6.19. The minimum atomic E-state index is -0.704. The van der Waals surface area contributed by atoms with E-state index in [1.807, 2.05) is 40.0 Å². The van der Waals surface area contributed by atoms with Gasteiger partial charge in [0, 0.05) is 43.1 Å². The lowest BCUT2D eigenvalue weighted by Gasteiger charge is -2.44. The van der Waals surface area contributed by atoms with Crippen molar-refractivity contribution in [2.45, 2.75) is 63.5 Å². The number of imide groups is 1. The first-order chi connectivity index (χ1) is 19.9. The molecular formula is C31H33N5O5. The van der Waals surface area contributed by atoms with Gasteiger partial charge < -0.3 is 10.0 Å². The number of anilines is 1. The van der Waals surface area contributed by atoms with Crippen LogP contribution in [0.15, 0.2) is 42.7 Å². The Hall–Kier alpha value is -4.05. The summed E-state index contributed by atoms with van der Waals surface area (Å²) in [6.45, 7) is 1.29. The molecule has 3 fully saturated rings. The van der Waals surface area contributed by atoms with Crippen LogP contribution in [-0.4, -0.2) is 69.2 Å². The summed E-state index contributed by atoms with van der Waals surface area (Å²) in [6, 6.07) is 9.12. The minimum absolute atomic E-state index is 0.0610. The Morgan fingerprint density at radius 1 is 1.07 bits per heavy atom. The SMILES string of the molecule is O=C1CCC(N2C(=O)c3cccc4c(Cc5cnn(C6CCN(C(=O)C7(CO)CCC7)CC6)c5)ccc2c34)C(=O)N1. The van der Waals surface area contributed by atoms with Gasteiger partial charge in [-0.1, -0.05) is 24.6 Å². The van der Waals surface area contributed by atoms with Crippen molar-refractivity contribution in [1.29, 1.82) is 0 Å². The molecule has 2 N–H and O–H groups in total. The Labute approximate surface area is 237 Å². The van der Waals surface area contributed by atoms with Gasteiger partial charge in [-0.05, 0) is 60.7 Å². The third kappa shape index (κ3) is 4.15. The maximum Gasteiger partial charge on any atom is 0.259 e. The maximum atomic E-state index is 13.4. The molecule has 4 amide bonds. The van der Waals surface area contributed by atoms with Crippen LogP contribution in [0.1, 0.15) is 72.5 Å². The second-order valence-corrected chi connectivity index (χ2v) is 11.9. The summed E-state index contributed by atoms with van der Waals surface area (Å²) in [7, 11) is 0. The number of likely N-dealkylation sites (tertiary alicyclic amines) is 1. The first-order valence-electron chi connectivity index (χ1n) is 14.5. The quantitative estimate of drug-likeness (QED) is 0.451. The highest BCUT2D eigenvalue weighted by Gasteiger charge is 2.46. The monoisotopic (exact) mass is 555 g/mol. The Bertz CT molecular complexity index is 1580. The second kappa shape index (κ2) is 9.80. The zero-order chi connectivity index (χ0) is 28.3. The molecule has 7 rings (SSSR count). The maximum absolute atomic E-state index is 13.4. The first-order valence-corrected chi connectivity index (χ1v) is 14.5. The Balaban J connectivity index is 1.08. The largest absolute Gasteiger partial charge is 0.395 e. The van der Waals surface area contributed by atoms with E-state index in [0.29, 0.717) is 37.2 Å². The Morgan fingerprint density at radius 3 is 2.59 bits per heavy atom. The van der Waals surface area contributed by atoms with Gasteiger partial charge in [-0.15, -0.1) is 0 Å². The highest BCUT2D eigenvalue weighted by Crippen LogP contribution is 2.43. The van der Waals surface area contributed by atoms with Crippen LogP contribution in [0.3, 0.4) is 0 Å². The van der Waals surface area contributed by atoms with Crippen LogP contribution >= 0.6 is 0 Å². The van der Waals surface area contributed by atoms with E-state index in [1.165, 1.54) is 0 Å². The van der Waals surface area contributed by atoms with E-state index in [4.69, 9.17) is 0 Å². The summed E-state index contributed by atoms with van der Waals surface area (Å²) < 4.78 is 2.01. The highest BCUT2D eigenvalue weighted by atomic mass is 16.3. The predicted octanol–water partition coefficient (Wildman–Crippen LogP) is 2.72. The first kappa shape index (κ1) is 25.9. The van der Waals surface area contributed by atoms with Gasteiger partial charge >= 0.3 is 0 Å². The van der Waals surface area contributed by atoms with Crippen molar-refractivity contribution < 1.29 is 24.3 Å². The van der Waals surface area contributed by atoms with Crippen molar-refractivity contribution >= 4 is 40.1 Å². The molecule has 41 heavy (non-hydrogen) atoms. The minimum Gasteiger partial charge on any atom is -0.395 e. The topological polar surface area (TPSA) is 125 Å². The van der Waals surface area contributed by atoms with Gasteiger partial charge in [-0.25, -0.2) is 0 Å². The van der Waals surface area contributed by atoms with Crippen LogP contribution in [0.5, 0.6) is 0 Å². The van der Waals surface area contributed by atoms with E-state index in [2.05, 4.69) is 16.6 Å². The van der Waals surface area contributed by atoms with Gasteiger partial charge in [-0.3, -0.25) is 34.1 Å². The van der Waals surface area contributed by atoms with Gasteiger partial charge in [0.25, 0.3) is 5.91 Å². The number of benzene rings is 2. The summed E-state index contributed by atoms with van der Waals surface area (Å²) in [5.41, 5.74) is 2.86. The smallest absolute Gasteiger partial charge is 0.259 e. The van der Waals surface area contributed by atoms with Crippen LogP contribution in [-0.2, 0) is 20.8 Å². The lowest BCUT2D eigenvalue weighted by atomic mass is 9.68. The fourth-order valence-electron chi connectivity index (χ4n) is 7.06. The standard InChI is InChI=1S/C31H33N5O5/c37-18-31(11-2-12-31)30(41)34-13-9-21(10-14-34)35-17-19(16-32-35)15-20-5-6-24-27-22(20)3-1-4-23(27)29(40)36(24)25-7-8-26(38)33-28(25)39/h1,3-6,16-17,21,25,37H,2,7-15,18H2,(H,33,38,39). The molecule has 2 aromatic carbocycles. The molecule has 0 bridgehead atoms. The number of amides is 4. The van der Waals surface area contributed by atoms with Crippen molar-refractivity contribution in [2.75, 3.05) is 24.6 Å². The Morgan fingerprint density at radius 2 is 1.88 bits per heavy atom. The molecule has 1 unspecified atom stereocenters. The van der Waals surface area contributed by atoms with Crippen molar-refractivity contribution in [3.8, 4) is 0 Å². The number of piperidine rings is 2. The molecule has 4 heterocycles. The molecule has 212 valence electrons. The van der Waals surface area contributed by atoms with Crippen molar-refractivity contribution in [3.05, 3.63) is 59.4 Å². The van der Waals surface area contributed by atoms with Crippen molar-refractivity contribution in [1.82, 2.24) is 20.0 Å². The number of hydrogen-bond donors (Lipinski definition) is 2. The number of aliphatic hydroxyl groups excluding tert-OH is 1. The predicted molar refractivity (Wildman–Crippen MR) is 150 cm³/mol. The summed E-state index contributed by atoms with van der Waals surface area (Å²) in [5, 5.41) is 18.6. The van der Waals surface area contributed by atoms with E-state index >= 15 is 0 Å². The number of rotatable bonds is 6. The van der Waals surface area contributed by atoms with Gasteiger partial charge in [-0.2, -0.15) is 5.10 Å².